The van der Waals surface area contributed by atoms with E-state index in [2.05, 4.69) is 60.8 Å². The summed E-state index contributed by atoms with van der Waals surface area (Å²) in [5, 5.41) is 14.7. The van der Waals surface area contributed by atoms with Gasteiger partial charge in [0.05, 0.1) is 0 Å². The van der Waals surface area contributed by atoms with Crippen molar-refractivity contribution in [2.45, 2.75) is 56.6 Å². The molecule has 4 aromatic rings. The van der Waals surface area contributed by atoms with Crippen molar-refractivity contribution in [3.05, 3.63) is 77.4 Å². The van der Waals surface area contributed by atoms with Gasteiger partial charge in [-0.3, -0.25) is 0 Å². The number of halogens is 2. The van der Waals surface area contributed by atoms with Gasteiger partial charge in [0.2, 0.25) is 5.65 Å². The van der Waals surface area contributed by atoms with Crippen LogP contribution in [0.25, 0.3) is 11.2 Å². The predicted molar refractivity (Wildman–Crippen MR) is 135 cm³/mol. The van der Waals surface area contributed by atoms with Gasteiger partial charge in [-0.1, -0.05) is 42.5 Å². The summed E-state index contributed by atoms with van der Waals surface area (Å²) >= 11 is 0. The molecule has 1 saturated carbocycles. The van der Waals surface area contributed by atoms with Crippen LogP contribution in [0.3, 0.4) is 0 Å². The van der Waals surface area contributed by atoms with Gasteiger partial charge in [-0.15, -0.1) is 5.10 Å². The van der Waals surface area contributed by atoms with Crippen molar-refractivity contribution in [2.75, 3.05) is 12.3 Å². The molecule has 1 atom stereocenters. The first kappa shape index (κ1) is 24.1. The van der Waals surface area contributed by atoms with E-state index in [0.717, 1.165) is 36.9 Å². The highest BCUT2D eigenvalue weighted by atomic mass is 19.3. The summed E-state index contributed by atoms with van der Waals surface area (Å²) in [6.45, 7) is -2.13. The molecule has 0 aliphatic heterocycles. The van der Waals surface area contributed by atoms with Gasteiger partial charge in [0.15, 0.2) is 0 Å². The van der Waals surface area contributed by atoms with Crippen molar-refractivity contribution in [1.29, 1.82) is 0 Å². The van der Waals surface area contributed by atoms with Gasteiger partial charge < -0.3 is 15.8 Å². The highest BCUT2D eigenvalue weighted by molar-refractivity contribution is 5.77. The quantitative estimate of drug-likeness (QED) is 0.290. The fraction of sp³-hybridized carbons (Fsp3) is 0.370. The van der Waals surface area contributed by atoms with E-state index in [-0.39, 0.29) is 11.7 Å². The summed E-state index contributed by atoms with van der Waals surface area (Å²) in [7, 11) is 0. The number of aromatic amines is 1. The molecular formula is C27H30F2N6O. The molecule has 9 heteroatoms. The zero-order valence-corrected chi connectivity index (χ0v) is 19.9. The maximum Gasteiger partial charge on any atom is 0.387 e. The van der Waals surface area contributed by atoms with E-state index in [4.69, 9.17) is 5.73 Å². The number of benzene rings is 2. The maximum atomic E-state index is 12.9. The van der Waals surface area contributed by atoms with Crippen LogP contribution in [0.1, 0.15) is 60.6 Å². The molecule has 36 heavy (non-hydrogen) atoms. The van der Waals surface area contributed by atoms with Crippen molar-refractivity contribution >= 4 is 17.0 Å². The fourth-order valence-electron chi connectivity index (χ4n) is 5.34. The van der Waals surface area contributed by atoms with Gasteiger partial charge in [0.25, 0.3) is 0 Å². The molecule has 1 unspecified atom stereocenters. The van der Waals surface area contributed by atoms with Crippen molar-refractivity contribution in [2.24, 2.45) is 0 Å². The normalized spacial score (nSPS) is 19.0. The van der Waals surface area contributed by atoms with E-state index in [9.17, 15) is 8.78 Å². The molecule has 0 bridgehead atoms. The Kier molecular flexibility index (Phi) is 7.36. The van der Waals surface area contributed by atoms with Gasteiger partial charge in [-0.2, -0.15) is 19.1 Å². The van der Waals surface area contributed by atoms with Crippen LogP contribution in [0.5, 0.6) is 5.75 Å². The van der Waals surface area contributed by atoms with Gasteiger partial charge in [-0.05, 0) is 79.5 Å². The number of pyridine rings is 1. The minimum atomic E-state index is -2.88. The second kappa shape index (κ2) is 11.0. The van der Waals surface area contributed by atoms with Crippen molar-refractivity contribution in [3.8, 4) is 5.75 Å². The summed E-state index contributed by atoms with van der Waals surface area (Å²) in [6, 6.07) is 19.8. The molecule has 5 rings (SSSR count). The predicted octanol–water partition coefficient (Wildman–Crippen LogP) is 5.37. The largest absolute Gasteiger partial charge is 0.435 e. The third kappa shape index (κ3) is 5.62. The van der Waals surface area contributed by atoms with Crippen LogP contribution in [0.4, 0.5) is 14.6 Å². The van der Waals surface area contributed by atoms with E-state index >= 15 is 0 Å². The Morgan fingerprint density at radius 3 is 2.58 bits per heavy atom. The maximum absolute atomic E-state index is 12.9. The van der Waals surface area contributed by atoms with Crippen LogP contribution < -0.4 is 15.8 Å². The smallest absolute Gasteiger partial charge is 0.387 e. The Morgan fingerprint density at radius 2 is 1.81 bits per heavy atom. The van der Waals surface area contributed by atoms with Crippen LogP contribution >= 0.6 is 0 Å². The van der Waals surface area contributed by atoms with E-state index in [1.54, 1.807) is 18.2 Å². The van der Waals surface area contributed by atoms with Gasteiger partial charge in [-0.25, -0.2) is 4.98 Å². The zero-order valence-electron chi connectivity index (χ0n) is 19.9. The van der Waals surface area contributed by atoms with Crippen molar-refractivity contribution in [1.82, 2.24) is 25.7 Å². The number of nitrogens with zero attached hydrogens (tertiary/aromatic N) is 3. The van der Waals surface area contributed by atoms with E-state index in [1.165, 1.54) is 24.5 Å². The lowest BCUT2D eigenvalue weighted by atomic mass is 9.81. The number of nitrogen functional groups attached to an aromatic ring is 1. The molecule has 4 N–H and O–H groups in total. The van der Waals surface area contributed by atoms with Crippen LogP contribution in [0.15, 0.2) is 60.7 Å². The number of aromatic nitrogens is 4. The highest BCUT2D eigenvalue weighted by Gasteiger charge is 2.24. The number of hydrogen-bond donors (Lipinski definition) is 3. The van der Waals surface area contributed by atoms with E-state index in [0.29, 0.717) is 28.9 Å². The van der Waals surface area contributed by atoms with Crippen LogP contribution in [0, 0.1) is 0 Å². The zero-order chi connectivity index (χ0) is 24.9. The molecular weight excluding hydrogens is 462 g/mol. The molecule has 1 aliphatic rings. The first-order valence-electron chi connectivity index (χ1n) is 12.4. The molecule has 188 valence electrons. The highest BCUT2D eigenvalue weighted by Crippen LogP contribution is 2.35. The third-order valence-corrected chi connectivity index (χ3v) is 7.07. The molecule has 7 nitrogen and oxygen atoms in total. The van der Waals surface area contributed by atoms with Gasteiger partial charge in [0.1, 0.15) is 17.1 Å². The molecule has 1 fully saturated rings. The van der Waals surface area contributed by atoms with Crippen molar-refractivity contribution in [3.63, 3.8) is 0 Å². The summed E-state index contributed by atoms with van der Waals surface area (Å²) < 4.78 is 30.4. The molecule has 0 saturated heterocycles. The lowest BCUT2D eigenvalue weighted by molar-refractivity contribution is -0.0498. The fourth-order valence-corrected chi connectivity index (χ4v) is 5.34. The molecule has 2 heterocycles. The summed E-state index contributed by atoms with van der Waals surface area (Å²) in [5.41, 5.74) is 10.3. The van der Waals surface area contributed by atoms with Crippen LogP contribution in [-0.2, 0) is 0 Å². The first-order valence-corrected chi connectivity index (χ1v) is 12.4. The average Bonchev–Trinajstić information content (AvgIpc) is 3.35. The number of ether oxygens (including phenoxy) is 1. The number of fused-ring (bicyclic) bond motifs is 1. The summed E-state index contributed by atoms with van der Waals surface area (Å²) in [5.74, 6) is 0.925. The van der Waals surface area contributed by atoms with Gasteiger partial charge >= 0.3 is 6.61 Å². The minimum absolute atomic E-state index is 0.123. The van der Waals surface area contributed by atoms with Crippen LogP contribution in [0.2, 0.25) is 0 Å². The molecule has 0 amide bonds. The summed E-state index contributed by atoms with van der Waals surface area (Å²) in [6.07, 6.45) is 5.30. The Bertz CT molecular complexity index is 1270. The standard InChI is InChI=1S/C27H30F2N6O/c28-27(29)36-21-8-4-7-19(15-21)22(23-16-24(30)32-26-25(23)33-35-34-26)13-14-31-20-11-9-18(10-12-20)17-5-2-1-3-6-17/h1-8,15-16,18,20,22,27,31H,9-14H2,(H3,30,32,33,34,35). The number of hydrogen-bond acceptors (Lipinski definition) is 6. The minimum Gasteiger partial charge on any atom is -0.435 e. The van der Waals surface area contributed by atoms with E-state index < -0.39 is 6.61 Å². The second-order valence-corrected chi connectivity index (χ2v) is 9.34. The first-order chi connectivity index (χ1) is 17.6. The summed E-state index contributed by atoms with van der Waals surface area (Å²) in [4.78, 5) is 4.25. The second-order valence-electron chi connectivity index (χ2n) is 9.34. The number of nitrogens with one attached hydrogen (secondary N) is 2. The molecule has 2 aromatic heterocycles. The molecule has 0 radical (unpaired) electrons. The van der Waals surface area contributed by atoms with Crippen LogP contribution in [-0.4, -0.2) is 39.6 Å². The van der Waals surface area contributed by atoms with E-state index in [1.807, 2.05) is 6.07 Å². The van der Waals surface area contributed by atoms with Crippen molar-refractivity contribution < 1.29 is 13.5 Å². The Balaban J connectivity index is 1.31. The Hall–Kier alpha value is -3.59. The Labute approximate surface area is 208 Å². The number of nitrogens with two attached hydrogens (primary N) is 1. The Morgan fingerprint density at radius 1 is 1.00 bits per heavy atom. The lowest BCUT2D eigenvalue weighted by Gasteiger charge is -2.30. The SMILES string of the molecule is Nc1cc(C(CCNC2CCC(c3ccccc3)CC2)c2cccc(OC(F)F)c2)c2n[nH]nc2n1. The number of anilines is 1. The monoisotopic (exact) mass is 492 g/mol. The average molecular weight is 493 g/mol. The number of rotatable bonds is 9. The number of H-pyrrole nitrogens is 1. The molecule has 1 aliphatic carbocycles. The molecule has 0 spiro atoms. The topological polar surface area (TPSA) is 102 Å². The van der Waals surface area contributed by atoms with Gasteiger partial charge in [0, 0.05) is 12.0 Å². The lowest BCUT2D eigenvalue weighted by Crippen LogP contribution is -2.34. The number of alkyl halides is 2. The molecule has 2 aromatic carbocycles. The third-order valence-electron chi connectivity index (χ3n) is 7.07.